The Balaban J connectivity index is 1.40. The SMILES string of the molecule is O=C(COc1ccc(OCc2ccccc2)cc1)N/N=C/c1ccc(O)cc1. The van der Waals surface area contributed by atoms with E-state index >= 15 is 0 Å². The van der Waals surface area contributed by atoms with Gasteiger partial charge in [0.25, 0.3) is 5.91 Å². The van der Waals surface area contributed by atoms with Gasteiger partial charge in [-0.1, -0.05) is 30.3 Å². The second-order valence-corrected chi connectivity index (χ2v) is 5.92. The van der Waals surface area contributed by atoms with E-state index in [2.05, 4.69) is 10.5 Å². The number of benzene rings is 3. The third kappa shape index (κ3) is 6.17. The van der Waals surface area contributed by atoms with Gasteiger partial charge in [0.05, 0.1) is 6.21 Å². The first-order valence-corrected chi connectivity index (χ1v) is 8.69. The number of rotatable bonds is 8. The van der Waals surface area contributed by atoms with E-state index in [1.54, 1.807) is 48.5 Å². The number of hydrogen-bond donors (Lipinski definition) is 2. The van der Waals surface area contributed by atoms with Crippen LogP contribution in [-0.2, 0) is 11.4 Å². The second kappa shape index (κ2) is 9.78. The summed E-state index contributed by atoms with van der Waals surface area (Å²) in [5.41, 5.74) is 4.23. The van der Waals surface area contributed by atoms with Crippen molar-refractivity contribution in [2.75, 3.05) is 6.61 Å². The topological polar surface area (TPSA) is 80.2 Å². The Morgan fingerprint density at radius 1 is 0.893 bits per heavy atom. The van der Waals surface area contributed by atoms with Gasteiger partial charge in [0.1, 0.15) is 23.9 Å². The fourth-order valence-corrected chi connectivity index (χ4v) is 2.29. The highest BCUT2D eigenvalue weighted by molar-refractivity contribution is 5.83. The average molecular weight is 376 g/mol. The van der Waals surface area contributed by atoms with Crippen LogP contribution < -0.4 is 14.9 Å². The molecule has 0 fully saturated rings. The Labute approximate surface area is 163 Å². The van der Waals surface area contributed by atoms with Crippen LogP contribution in [0.15, 0.2) is 84.0 Å². The molecule has 3 aromatic carbocycles. The molecule has 0 bridgehead atoms. The largest absolute Gasteiger partial charge is 0.508 e. The van der Waals surface area contributed by atoms with E-state index in [-0.39, 0.29) is 18.3 Å². The first-order valence-electron chi connectivity index (χ1n) is 8.69. The second-order valence-electron chi connectivity index (χ2n) is 5.92. The number of nitrogens with one attached hydrogen (secondary N) is 1. The van der Waals surface area contributed by atoms with Crippen molar-refractivity contribution >= 4 is 12.1 Å². The smallest absolute Gasteiger partial charge is 0.277 e. The molecule has 0 heterocycles. The minimum Gasteiger partial charge on any atom is -0.508 e. The highest BCUT2D eigenvalue weighted by Crippen LogP contribution is 2.18. The first-order chi connectivity index (χ1) is 13.7. The lowest BCUT2D eigenvalue weighted by molar-refractivity contribution is -0.123. The zero-order valence-corrected chi connectivity index (χ0v) is 15.1. The van der Waals surface area contributed by atoms with Gasteiger partial charge in [-0.05, 0) is 59.7 Å². The third-order valence-electron chi connectivity index (χ3n) is 3.74. The molecular formula is C22H20N2O4. The molecular weight excluding hydrogens is 356 g/mol. The molecule has 3 rings (SSSR count). The number of carbonyl (C=O) groups is 1. The van der Waals surface area contributed by atoms with Crippen LogP contribution >= 0.6 is 0 Å². The Morgan fingerprint density at radius 2 is 1.54 bits per heavy atom. The molecule has 0 aliphatic rings. The lowest BCUT2D eigenvalue weighted by Crippen LogP contribution is -2.24. The van der Waals surface area contributed by atoms with Crippen LogP contribution in [0.25, 0.3) is 0 Å². The van der Waals surface area contributed by atoms with Crippen molar-refractivity contribution in [3.8, 4) is 17.2 Å². The summed E-state index contributed by atoms with van der Waals surface area (Å²) in [6.45, 7) is 0.333. The highest BCUT2D eigenvalue weighted by atomic mass is 16.5. The van der Waals surface area contributed by atoms with Crippen molar-refractivity contribution < 1.29 is 19.4 Å². The average Bonchev–Trinajstić information content (AvgIpc) is 2.74. The van der Waals surface area contributed by atoms with Gasteiger partial charge in [0, 0.05) is 0 Å². The van der Waals surface area contributed by atoms with Gasteiger partial charge in [-0.2, -0.15) is 5.10 Å². The molecule has 3 aromatic rings. The Hall–Kier alpha value is -3.80. The predicted octanol–water partition coefficient (Wildman–Crippen LogP) is 3.50. The van der Waals surface area contributed by atoms with Gasteiger partial charge in [0.15, 0.2) is 6.61 Å². The number of amides is 1. The molecule has 2 N–H and O–H groups in total. The summed E-state index contributed by atoms with van der Waals surface area (Å²) in [6.07, 6.45) is 1.48. The number of phenolic OH excluding ortho intramolecular Hbond substituents is 1. The maximum absolute atomic E-state index is 11.8. The highest BCUT2D eigenvalue weighted by Gasteiger charge is 2.02. The molecule has 0 aromatic heterocycles. The molecule has 0 aliphatic carbocycles. The lowest BCUT2D eigenvalue weighted by atomic mass is 10.2. The molecule has 0 saturated heterocycles. The Kier molecular flexibility index (Phi) is 6.62. The molecule has 28 heavy (non-hydrogen) atoms. The Morgan fingerprint density at radius 3 is 2.21 bits per heavy atom. The molecule has 0 unspecified atom stereocenters. The molecule has 0 aliphatic heterocycles. The number of carbonyl (C=O) groups excluding carboxylic acids is 1. The standard InChI is InChI=1S/C22H20N2O4/c25-19-8-6-17(7-9-19)14-23-24-22(26)16-28-21-12-10-20(11-13-21)27-15-18-4-2-1-3-5-18/h1-14,25H,15-16H2,(H,24,26)/b23-14+. The molecule has 6 nitrogen and oxygen atoms in total. The number of nitrogens with zero attached hydrogens (tertiary/aromatic N) is 1. The maximum atomic E-state index is 11.8. The number of aromatic hydroxyl groups is 1. The van der Waals surface area contributed by atoms with Gasteiger partial charge < -0.3 is 14.6 Å². The molecule has 0 atom stereocenters. The zero-order chi connectivity index (χ0) is 19.6. The van der Waals surface area contributed by atoms with Crippen molar-refractivity contribution in [3.63, 3.8) is 0 Å². The van der Waals surface area contributed by atoms with Crippen LogP contribution in [0.5, 0.6) is 17.2 Å². The Bertz CT molecular complexity index is 908. The summed E-state index contributed by atoms with van der Waals surface area (Å²) in [6, 6.07) is 23.4. The molecule has 0 saturated carbocycles. The van der Waals surface area contributed by atoms with Crippen LogP contribution in [0.1, 0.15) is 11.1 Å². The summed E-state index contributed by atoms with van der Waals surface area (Å²) < 4.78 is 11.1. The minimum absolute atomic E-state index is 0.156. The van der Waals surface area contributed by atoms with Crippen molar-refractivity contribution in [1.82, 2.24) is 5.43 Å². The maximum Gasteiger partial charge on any atom is 0.277 e. The van der Waals surface area contributed by atoms with Crippen molar-refractivity contribution in [3.05, 3.63) is 90.0 Å². The number of phenols is 1. The van der Waals surface area contributed by atoms with E-state index in [9.17, 15) is 9.90 Å². The van der Waals surface area contributed by atoms with Crippen molar-refractivity contribution in [2.45, 2.75) is 6.61 Å². The van der Waals surface area contributed by atoms with Crippen molar-refractivity contribution in [2.24, 2.45) is 5.10 Å². The van der Waals surface area contributed by atoms with Crippen LogP contribution in [0.4, 0.5) is 0 Å². The molecule has 0 spiro atoms. The quantitative estimate of drug-likeness (QED) is 0.466. The van der Waals surface area contributed by atoms with Crippen LogP contribution in [-0.4, -0.2) is 23.8 Å². The van der Waals surface area contributed by atoms with E-state index in [0.29, 0.717) is 12.4 Å². The van der Waals surface area contributed by atoms with E-state index in [1.165, 1.54) is 6.21 Å². The third-order valence-corrected chi connectivity index (χ3v) is 3.74. The summed E-state index contributed by atoms with van der Waals surface area (Å²) in [5.74, 6) is 1.08. The lowest BCUT2D eigenvalue weighted by Gasteiger charge is -2.08. The van der Waals surface area contributed by atoms with E-state index in [1.807, 2.05) is 30.3 Å². The molecule has 1 amide bonds. The van der Waals surface area contributed by atoms with E-state index in [4.69, 9.17) is 9.47 Å². The van der Waals surface area contributed by atoms with Gasteiger partial charge >= 0.3 is 0 Å². The molecule has 0 radical (unpaired) electrons. The fraction of sp³-hybridized carbons (Fsp3) is 0.0909. The van der Waals surface area contributed by atoms with E-state index < -0.39 is 0 Å². The van der Waals surface area contributed by atoms with Gasteiger partial charge in [0.2, 0.25) is 0 Å². The predicted molar refractivity (Wildman–Crippen MR) is 107 cm³/mol. The monoisotopic (exact) mass is 376 g/mol. The molecule has 6 heteroatoms. The van der Waals surface area contributed by atoms with Crippen LogP contribution in [0.3, 0.4) is 0 Å². The zero-order valence-electron chi connectivity index (χ0n) is 15.1. The molecule has 142 valence electrons. The number of hydrogen-bond acceptors (Lipinski definition) is 5. The summed E-state index contributed by atoms with van der Waals surface area (Å²) >= 11 is 0. The van der Waals surface area contributed by atoms with Crippen LogP contribution in [0, 0.1) is 0 Å². The van der Waals surface area contributed by atoms with Gasteiger partial charge in [-0.3, -0.25) is 4.79 Å². The minimum atomic E-state index is -0.376. The van der Waals surface area contributed by atoms with Gasteiger partial charge in [-0.25, -0.2) is 5.43 Å². The normalized spacial score (nSPS) is 10.6. The summed E-state index contributed by atoms with van der Waals surface area (Å²) in [5, 5.41) is 13.1. The number of hydrazone groups is 1. The first kappa shape index (κ1) is 19.0. The summed E-state index contributed by atoms with van der Waals surface area (Å²) in [4.78, 5) is 11.8. The summed E-state index contributed by atoms with van der Waals surface area (Å²) in [7, 11) is 0. The van der Waals surface area contributed by atoms with E-state index in [0.717, 1.165) is 16.9 Å². The number of ether oxygens (including phenoxy) is 2. The van der Waals surface area contributed by atoms with Crippen LogP contribution in [0.2, 0.25) is 0 Å². The van der Waals surface area contributed by atoms with Crippen molar-refractivity contribution in [1.29, 1.82) is 0 Å². The van der Waals surface area contributed by atoms with Gasteiger partial charge in [-0.15, -0.1) is 0 Å². The fourth-order valence-electron chi connectivity index (χ4n) is 2.29.